The number of hydrogen-bond donors (Lipinski definition) is 0. The summed E-state index contributed by atoms with van der Waals surface area (Å²) >= 11 is 5.80. The first-order valence-electron chi connectivity index (χ1n) is 5.65. The van der Waals surface area contributed by atoms with Gasteiger partial charge in [0.1, 0.15) is 0 Å². The van der Waals surface area contributed by atoms with Crippen LogP contribution in [0.4, 0.5) is 0 Å². The quantitative estimate of drug-likeness (QED) is 0.585. The molecule has 0 aromatic heterocycles. The predicted octanol–water partition coefficient (Wildman–Crippen LogP) is 3.53. The zero-order valence-electron chi connectivity index (χ0n) is 10.3. The lowest BCUT2D eigenvalue weighted by Crippen LogP contribution is -2.00. The lowest BCUT2D eigenvalue weighted by Gasteiger charge is -1.98. The van der Waals surface area contributed by atoms with Crippen LogP contribution in [-0.2, 0) is 4.74 Å². The van der Waals surface area contributed by atoms with Crippen molar-refractivity contribution in [3.63, 3.8) is 0 Å². The van der Waals surface area contributed by atoms with Gasteiger partial charge in [0.15, 0.2) is 0 Å². The van der Waals surface area contributed by atoms with Gasteiger partial charge in [-0.2, -0.15) is 0 Å². The van der Waals surface area contributed by atoms with Crippen LogP contribution in [0.25, 0.3) is 0 Å². The maximum Gasteiger partial charge on any atom is 0.337 e. The van der Waals surface area contributed by atoms with E-state index in [2.05, 4.69) is 16.6 Å². The summed E-state index contributed by atoms with van der Waals surface area (Å²) in [4.78, 5) is 11.3. The number of halogens is 1. The molecule has 19 heavy (non-hydrogen) atoms. The Morgan fingerprint density at radius 1 is 0.947 bits per heavy atom. The molecule has 0 aliphatic heterocycles. The van der Waals surface area contributed by atoms with Crippen LogP contribution < -0.4 is 0 Å². The Hall–Kier alpha value is -2.24. The van der Waals surface area contributed by atoms with Gasteiger partial charge in [0, 0.05) is 16.1 Å². The van der Waals surface area contributed by atoms with Crippen molar-refractivity contribution >= 4 is 17.6 Å². The average molecular weight is 271 g/mol. The zero-order chi connectivity index (χ0) is 13.7. The van der Waals surface area contributed by atoms with Gasteiger partial charge in [0.2, 0.25) is 0 Å². The molecule has 0 saturated heterocycles. The van der Waals surface area contributed by atoms with Gasteiger partial charge < -0.3 is 4.74 Å². The predicted molar refractivity (Wildman–Crippen MR) is 75.2 cm³/mol. The molecular weight excluding hydrogens is 260 g/mol. The highest BCUT2D eigenvalue weighted by molar-refractivity contribution is 6.30. The van der Waals surface area contributed by atoms with Gasteiger partial charge in [-0.1, -0.05) is 23.4 Å². The maximum atomic E-state index is 11.3. The Morgan fingerprint density at radius 3 is 1.89 bits per heavy atom. The molecule has 0 aliphatic rings. The molecule has 2 nitrogen and oxygen atoms in total. The fourth-order valence-corrected chi connectivity index (χ4v) is 1.61. The monoisotopic (exact) mass is 270 g/mol. The Labute approximate surface area is 117 Å². The number of ether oxygens (including phenoxy) is 1. The first-order valence-corrected chi connectivity index (χ1v) is 6.03. The van der Waals surface area contributed by atoms with E-state index in [9.17, 15) is 4.79 Å². The molecule has 2 rings (SSSR count). The van der Waals surface area contributed by atoms with E-state index in [1.165, 1.54) is 7.11 Å². The highest BCUT2D eigenvalue weighted by Gasteiger charge is 2.02. The van der Waals surface area contributed by atoms with Crippen LogP contribution in [0.1, 0.15) is 21.5 Å². The molecule has 0 fully saturated rings. The number of carbonyl (C=O) groups excluding carboxylic acids is 1. The van der Waals surface area contributed by atoms with Gasteiger partial charge >= 0.3 is 5.97 Å². The van der Waals surface area contributed by atoms with Crippen LogP contribution in [0, 0.1) is 11.8 Å². The third-order valence-corrected chi connectivity index (χ3v) is 2.75. The smallest absolute Gasteiger partial charge is 0.337 e. The van der Waals surface area contributed by atoms with Crippen LogP contribution >= 0.6 is 11.6 Å². The van der Waals surface area contributed by atoms with E-state index >= 15 is 0 Å². The van der Waals surface area contributed by atoms with Crippen LogP contribution in [0.15, 0.2) is 48.5 Å². The van der Waals surface area contributed by atoms with Gasteiger partial charge in [-0.05, 0) is 48.5 Å². The molecule has 0 heterocycles. The Balaban J connectivity index is 2.16. The second-order valence-corrected chi connectivity index (χ2v) is 4.26. The standard InChI is InChI=1S/C16H11ClO2/c1-19-16(18)14-8-4-12(5-9-14)2-3-13-6-10-15(17)11-7-13/h4-11H,1H3. The number of esters is 1. The van der Waals surface area contributed by atoms with E-state index in [0.29, 0.717) is 10.6 Å². The Morgan fingerprint density at radius 2 is 1.42 bits per heavy atom. The topological polar surface area (TPSA) is 26.3 Å². The molecule has 0 N–H and O–H groups in total. The lowest BCUT2D eigenvalue weighted by atomic mass is 10.1. The van der Waals surface area contributed by atoms with Crippen LogP contribution in [0.5, 0.6) is 0 Å². The molecule has 0 radical (unpaired) electrons. The SMILES string of the molecule is COC(=O)c1ccc(C#Cc2ccc(Cl)cc2)cc1. The van der Waals surface area contributed by atoms with Crippen molar-refractivity contribution in [2.45, 2.75) is 0 Å². The summed E-state index contributed by atoms with van der Waals surface area (Å²) in [7, 11) is 1.36. The van der Waals surface area contributed by atoms with Gasteiger partial charge in [0.25, 0.3) is 0 Å². The molecule has 0 amide bonds. The summed E-state index contributed by atoms with van der Waals surface area (Å²) in [6, 6.07) is 14.3. The summed E-state index contributed by atoms with van der Waals surface area (Å²) in [5, 5.41) is 0.688. The number of rotatable bonds is 1. The molecule has 94 valence electrons. The summed E-state index contributed by atoms with van der Waals surface area (Å²) in [6.45, 7) is 0. The van der Waals surface area contributed by atoms with Gasteiger partial charge in [-0.25, -0.2) is 4.79 Å². The molecule has 0 bridgehead atoms. The highest BCUT2D eigenvalue weighted by atomic mass is 35.5. The Bertz CT molecular complexity index is 631. The number of benzene rings is 2. The second kappa shape index (κ2) is 6.08. The maximum absolute atomic E-state index is 11.3. The van der Waals surface area contributed by atoms with Crippen molar-refractivity contribution in [2.75, 3.05) is 7.11 Å². The highest BCUT2D eigenvalue weighted by Crippen LogP contribution is 2.09. The number of carbonyl (C=O) groups is 1. The van der Waals surface area contributed by atoms with Crippen molar-refractivity contribution < 1.29 is 9.53 Å². The number of hydrogen-bond acceptors (Lipinski definition) is 2. The van der Waals surface area contributed by atoms with Crippen molar-refractivity contribution in [3.8, 4) is 11.8 Å². The Kier molecular flexibility index (Phi) is 4.22. The first kappa shape index (κ1) is 13.2. The van der Waals surface area contributed by atoms with Crippen LogP contribution in [0.3, 0.4) is 0 Å². The van der Waals surface area contributed by atoms with Crippen LogP contribution in [-0.4, -0.2) is 13.1 Å². The van der Waals surface area contributed by atoms with Crippen LogP contribution in [0.2, 0.25) is 5.02 Å². The third kappa shape index (κ3) is 3.61. The summed E-state index contributed by atoms with van der Waals surface area (Å²) in [6.07, 6.45) is 0. The molecule has 0 atom stereocenters. The fourth-order valence-electron chi connectivity index (χ4n) is 1.49. The van der Waals surface area contributed by atoms with Crippen molar-refractivity contribution in [3.05, 3.63) is 70.2 Å². The zero-order valence-corrected chi connectivity index (χ0v) is 11.1. The molecule has 0 unspecified atom stereocenters. The van der Waals surface area contributed by atoms with E-state index in [4.69, 9.17) is 11.6 Å². The first-order chi connectivity index (χ1) is 9.19. The third-order valence-electron chi connectivity index (χ3n) is 2.50. The minimum atomic E-state index is -0.350. The molecule has 0 saturated carbocycles. The van der Waals surface area contributed by atoms with E-state index in [-0.39, 0.29) is 5.97 Å². The van der Waals surface area contributed by atoms with E-state index < -0.39 is 0 Å². The molecular formula is C16H11ClO2. The molecule has 0 spiro atoms. The van der Waals surface area contributed by atoms with Gasteiger partial charge in [0.05, 0.1) is 12.7 Å². The summed E-state index contributed by atoms with van der Waals surface area (Å²) in [5.74, 6) is 5.70. The molecule has 2 aromatic rings. The molecule has 2 aromatic carbocycles. The second-order valence-electron chi connectivity index (χ2n) is 3.83. The fraction of sp³-hybridized carbons (Fsp3) is 0.0625. The van der Waals surface area contributed by atoms with Crippen molar-refractivity contribution in [1.82, 2.24) is 0 Å². The minimum Gasteiger partial charge on any atom is -0.465 e. The van der Waals surface area contributed by atoms with E-state index in [1.807, 2.05) is 12.1 Å². The van der Waals surface area contributed by atoms with Gasteiger partial charge in [-0.15, -0.1) is 0 Å². The number of methoxy groups -OCH3 is 1. The summed E-state index contributed by atoms with van der Waals surface area (Å²) < 4.78 is 4.63. The van der Waals surface area contributed by atoms with E-state index in [0.717, 1.165) is 11.1 Å². The average Bonchev–Trinajstić information content (AvgIpc) is 2.46. The largest absolute Gasteiger partial charge is 0.465 e. The summed E-state index contributed by atoms with van der Waals surface area (Å²) in [5.41, 5.74) is 2.24. The lowest BCUT2D eigenvalue weighted by molar-refractivity contribution is 0.0601. The van der Waals surface area contributed by atoms with Crippen molar-refractivity contribution in [2.24, 2.45) is 0 Å². The minimum absolute atomic E-state index is 0.350. The molecule has 3 heteroatoms. The van der Waals surface area contributed by atoms with Gasteiger partial charge in [-0.3, -0.25) is 0 Å². The molecule has 0 aliphatic carbocycles. The normalized spacial score (nSPS) is 9.37. The van der Waals surface area contributed by atoms with Crippen molar-refractivity contribution in [1.29, 1.82) is 0 Å². The van der Waals surface area contributed by atoms with E-state index in [1.54, 1.807) is 36.4 Å².